The van der Waals surface area contributed by atoms with Crippen LogP contribution in [0.2, 0.25) is 0 Å². The Hall–Kier alpha value is -0.140. The summed E-state index contributed by atoms with van der Waals surface area (Å²) in [6, 6.07) is 0.233. The van der Waals surface area contributed by atoms with Crippen LogP contribution in [-0.4, -0.2) is 64.3 Å². The number of hydrogen-bond acceptors (Lipinski definition) is 4. The third kappa shape index (κ3) is 43.0. The Morgan fingerprint density at radius 3 is 1.55 bits per heavy atom. The predicted molar refractivity (Wildman–Crippen MR) is 84.2 cm³/mol. The van der Waals surface area contributed by atoms with Gasteiger partial charge >= 0.3 is 41.5 Å². The van der Waals surface area contributed by atoms with Gasteiger partial charge in [0.2, 0.25) is 0 Å². The molecule has 0 aliphatic heterocycles. The monoisotopic (exact) mass is 302 g/mol. The second-order valence-electron chi connectivity index (χ2n) is 3.99. The van der Waals surface area contributed by atoms with Crippen molar-refractivity contribution in [3.05, 3.63) is 0 Å². The van der Waals surface area contributed by atoms with Gasteiger partial charge in [-0.15, -0.1) is 0 Å². The van der Waals surface area contributed by atoms with E-state index in [4.69, 9.17) is 21.7 Å². The van der Waals surface area contributed by atoms with Crippen LogP contribution in [0.15, 0.2) is 0 Å². The number of carboxylic acids is 2. The number of rotatable bonds is 7. The average Bonchev–Trinajstić information content (AvgIpc) is 2.40. The summed E-state index contributed by atoms with van der Waals surface area (Å²) in [6.45, 7) is 6.02. The Morgan fingerprint density at radius 2 is 1.35 bits per heavy atom. The van der Waals surface area contributed by atoms with E-state index in [0.29, 0.717) is 6.54 Å². The molecular formula is C13H31N2NaO4. The number of unbranched alkanes of at least 4 members (excludes halogenated alkanes) is 2. The van der Waals surface area contributed by atoms with Crippen LogP contribution < -0.4 is 11.5 Å². The maximum atomic E-state index is 9.37. The van der Waals surface area contributed by atoms with Gasteiger partial charge in [-0.05, 0) is 6.42 Å². The van der Waals surface area contributed by atoms with Crippen LogP contribution >= 0.6 is 0 Å². The second kappa shape index (κ2) is 23.9. The van der Waals surface area contributed by atoms with Gasteiger partial charge in [0, 0.05) is 25.4 Å². The zero-order valence-corrected chi connectivity index (χ0v) is 12.4. The summed E-state index contributed by atoms with van der Waals surface area (Å²) in [4.78, 5) is 18.7. The van der Waals surface area contributed by atoms with Gasteiger partial charge in [0.05, 0.1) is 0 Å². The molecule has 0 aliphatic rings. The van der Waals surface area contributed by atoms with Crippen molar-refractivity contribution in [2.45, 2.75) is 65.3 Å². The molecule has 6 nitrogen and oxygen atoms in total. The maximum absolute atomic E-state index is 9.37. The van der Waals surface area contributed by atoms with Crippen molar-refractivity contribution >= 4 is 41.5 Å². The first-order chi connectivity index (χ1) is 8.85. The topological polar surface area (TPSA) is 127 Å². The van der Waals surface area contributed by atoms with E-state index in [9.17, 15) is 9.59 Å². The summed E-state index contributed by atoms with van der Waals surface area (Å²) >= 11 is 0. The molecule has 0 aliphatic carbocycles. The number of carboxylic acid groups (broad SMARTS) is 2. The van der Waals surface area contributed by atoms with E-state index in [0.717, 1.165) is 6.42 Å². The molecule has 1 unspecified atom stereocenters. The van der Waals surface area contributed by atoms with E-state index in [1.807, 2.05) is 0 Å². The normalized spacial score (nSPS) is 9.85. The van der Waals surface area contributed by atoms with Gasteiger partial charge in [0.1, 0.15) is 0 Å². The molecule has 0 bridgehead atoms. The Bertz CT molecular complexity index is 203. The minimum absolute atomic E-state index is 0. The first-order valence-corrected chi connectivity index (χ1v) is 6.74. The van der Waals surface area contributed by atoms with Gasteiger partial charge in [-0.25, -0.2) is 0 Å². The molecular weight excluding hydrogens is 271 g/mol. The summed E-state index contributed by atoms with van der Waals surface area (Å²) in [6.07, 6.45) is 5.31. The van der Waals surface area contributed by atoms with Crippen molar-refractivity contribution in [1.82, 2.24) is 0 Å². The Labute approximate surface area is 144 Å². The molecule has 0 radical (unpaired) electrons. The number of hydrogen-bond donors (Lipinski definition) is 4. The van der Waals surface area contributed by atoms with Crippen LogP contribution in [0, 0.1) is 0 Å². The van der Waals surface area contributed by atoms with Crippen molar-refractivity contribution in [3.8, 4) is 0 Å². The summed E-state index contributed by atoms with van der Waals surface area (Å²) in [5, 5.41) is 15.4. The fraction of sp³-hybridized carbons (Fsp3) is 0.846. The fourth-order valence-electron chi connectivity index (χ4n) is 0.774. The number of aliphatic carboxylic acids is 2. The van der Waals surface area contributed by atoms with E-state index >= 15 is 0 Å². The molecule has 0 aromatic heterocycles. The summed E-state index contributed by atoms with van der Waals surface area (Å²) in [5.74, 6) is -1.49. The van der Waals surface area contributed by atoms with Crippen LogP contribution in [0.1, 0.15) is 59.3 Å². The Balaban J connectivity index is -0.000000101. The van der Waals surface area contributed by atoms with E-state index in [1.54, 1.807) is 13.8 Å². The number of carbonyl (C=O) groups is 2. The predicted octanol–water partition coefficient (Wildman–Crippen LogP) is 1.17. The molecule has 0 saturated heterocycles. The molecule has 7 heteroatoms. The molecule has 0 aromatic rings. The third-order valence-corrected chi connectivity index (χ3v) is 2.09. The second-order valence-corrected chi connectivity index (χ2v) is 3.99. The molecule has 0 saturated carbocycles. The van der Waals surface area contributed by atoms with E-state index < -0.39 is 11.9 Å². The molecule has 0 fully saturated rings. The molecule has 0 aromatic carbocycles. The standard InChI is InChI=1S/C7H18N2.2C3H6O2.Na.H/c1-2-3-4-5-7(9)6-8;2*1-2-3(4)5;;/h7H,2-6,8-9H2,1H3;2*2H2,1H3,(H,4,5);;. The first-order valence-electron chi connectivity index (χ1n) is 6.74. The van der Waals surface area contributed by atoms with Crippen molar-refractivity contribution in [3.63, 3.8) is 0 Å². The zero-order valence-electron chi connectivity index (χ0n) is 12.4. The van der Waals surface area contributed by atoms with Crippen LogP contribution in [-0.2, 0) is 9.59 Å². The van der Waals surface area contributed by atoms with Gasteiger partial charge in [-0.3, -0.25) is 9.59 Å². The van der Waals surface area contributed by atoms with Crippen LogP contribution in [0.3, 0.4) is 0 Å². The van der Waals surface area contributed by atoms with E-state index in [2.05, 4.69) is 6.92 Å². The quantitative estimate of drug-likeness (QED) is 0.413. The van der Waals surface area contributed by atoms with Crippen molar-refractivity contribution < 1.29 is 19.8 Å². The summed E-state index contributed by atoms with van der Waals surface area (Å²) < 4.78 is 0. The van der Waals surface area contributed by atoms with E-state index in [1.165, 1.54) is 19.3 Å². The summed E-state index contributed by atoms with van der Waals surface area (Å²) in [7, 11) is 0. The number of nitrogens with two attached hydrogens (primary N) is 2. The molecule has 118 valence electrons. The van der Waals surface area contributed by atoms with Crippen molar-refractivity contribution in [1.29, 1.82) is 0 Å². The van der Waals surface area contributed by atoms with Gasteiger partial charge in [0.25, 0.3) is 0 Å². The first kappa shape index (κ1) is 28.1. The van der Waals surface area contributed by atoms with Crippen LogP contribution in [0.5, 0.6) is 0 Å². The SMILES string of the molecule is CCC(=O)O.CCC(=O)O.CCCCCC(N)CN.[NaH]. The molecule has 1 atom stereocenters. The van der Waals surface area contributed by atoms with Gasteiger partial charge in [0.15, 0.2) is 0 Å². The zero-order chi connectivity index (χ0) is 15.7. The molecule has 20 heavy (non-hydrogen) atoms. The molecule has 0 spiro atoms. The Kier molecular flexibility index (Phi) is 33.6. The minimum atomic E-state index is -0.745. The Morgan fingerprint density at radius 1 is 1.00 bits per heavy atom. The van der Waals surface area contributed by atoms with E-state index in [-0.39, 0.29) is 48.4 Å². The van der Waals surface area contributed by atoms with Gasteiger partial charge in [-0.2, -0.15) is 0 Å². The molecule has 6 N–H and O–H groups in total. The van der Waals surface area contributed by atoms with Crippen LogP contribution in [0.4, 0.5) is 0 Å². The van der Waals surface area contributed by atoms with Gasteiger partial charge in [-0.1, -0.05) is 40.0 Å². The third-order valence-electron chi connectivity index (χ3n) is 2.09. The van der Waals surface area contributed by atoms with Crippen molar-refractivity contribution in [2.24, 2.45) is 11.5 Å². The molecule has 0 rings (SSSR count). The fourth-order valence-corrected chi connectivity index (χ4v) is 0.774. The average molecular weight is 302 g/mol. The van der Waals surface area contributed by atoms with Crippen molar-refractivity contribution in [2.75, 3.05) is 6.54 Å². The summed E-state index contributed by atoms with van der Waals surface area (Å²) in [5.41, 5.74) is 10.9. The van der Waals surface area contributed by atoms with Crippen LogP contribution in [0.25, 0.3) is 0 Å². The molecule has 0 amide bonds. The molecule has 0 heterocycles. The van der Waals surface area contributed by atoms with Gasteiger partial charge < -0.3 is 21.7 Å².